The number of nitrogens with zero attached hydrogens (tertiary/aromatic N) is 4. The lowest BCUT2D eigenvalue weighted by molar-refractivity contribution is 0.0518. The fourth-order valence-electron chi connectivity index (χ4n) is 2.79. The summed E-state index contributed by atoms with van der Waals surface area (Å²) in [7, 11) is 0. The van der Waals surface area contributed by atoms with Gasteiger partial charge in [0.2, 0.25) is 5.28 Å². The molecular weight excluding hydrogens is 378 g/mol. The van der Waals surface area contributed by atoms with Crippen molar-refractivity contribution in [3.8, 4) is 11.3 Å². The average molecular weight is 391 g/mol. The maximum atomic E-state index is 14.3. The van der Waals surface area contributed by atoms with E-state index in [4.69, 9.17) is 16.3 Å². The van der Waals surface area contributed by atoms with Gasteiger partial charge in [-0.05, 0) is 49.6 Å². The highest BCUT2D eigenvalue weighted by molar-refractivity contribution is 6.28. The van der Waals surface area contributed by atoms with Gasteiger partial charge >= 0.3 is 5.97 Å². The summed E-state index contributed by atoms with van der Waals surface area (Å²) in [4.78, 5) is 29.2. The van der Waals surface area contributed by atoms with Crippen molar-refractivity contribution >= 4 is 28.7 Å². The number of halogens is 3. The Morgan fingerprint density at radius 1 is 1.22 bits per heavy atom. The molecule has 0 radical (unpaired) electrons. The van der Waals surface area contributed by atoms with Gasteiger partial charge in [0.15, 0.2) is 11.3 Å². The predicted molar refractivity (Wildman–Crippen MR) is 93.4 cm³/mol. The van der Waals surface area contributed by atoms with Crippen molar-refractivity contribution in [1.82, 2.24) is 19.9 Å². The SMILES string of the molecule is CCOC(=O)c1nc2c(-c3cc(F)ccc3F)nc(Cl)nc2nc1C1CC1. The number of carbonyl (C=O) groups excluding carboxylic acids is 1. The molecule has 9 heteroatoms. The molecule has 0 spiro atoms. The number of benzene rings is 1. The van der Waals surface area contributed by atoms with E-state index in [-0.39, 0.29) is 45.9 Å². The van der Waals surface area contributed by atoms with Crippen molar-refractivity contribution in [2.45, 2.75) is 25.7 Å². The largest absolute Gasteiger partial charge is 0.461 e. The van der Waals surface area contributed by atoms with Gasteiger partial charge in [0.05, 0.1) is 12.3 Å². The van der Waals surface area contributed by atoms with Crippen molar-refractivity contribution < 1.29 is 18.3 Å². The van der Waals surface area contributed by atoms with E-state index in [9.17, 15) is 13.6 Å². The van der Waals surface area contributed by atoms with E-state index in [0.29, 0.717) is 5.69 Å². The fourth-order valence-corrected chi connectivity index (χ4v) is 2.96. The van der Waals surface area contributed by atoms with Gasteiger partial charge in [-0.1, -0.05) is 0 Å². The van der Waals surface area contributed by atoms with E-state index >= 15 is 0 Å². The Morgan fingerprint density at radius 3 is 2.70 bits per heavy atom. The smallest absolute Gasteiger partial charge is 0.358 e. The molecule has 3 aromatic rings. The Balaban J connectivity index is 2.01. The number of ether oxygens (including phenoxy) is 1. The maximum absolute atomic E-state index is 14.3. The molecule has 1 aromatic carbocycles. The van der Waals surface area contributed by atoms with Crippen LogP contribution in [0.1, 0.15) is 41.9 Å². The lowest BCUT2D eigenvalue weighted by atomic mass is 10.1. The second kappa shape index (κ2) is 6.77. The molecule has 0 N–H and O–H groups in total. The van der Waals surface area contributed by atoms with Gasteiger partial charge in [-0.15, -0.1) is 0 Å². The van der Waals surface area contributed by atoms with E-state index in [1.165, 1.54) is 0 Å². The van der Waals surface area contributed by atoms with Crippen LogP contribution in [0.3, 0.4) is 0 Å². The minimum absolute atomic E-state index is 0.0378. The fraction of sp³-hybridized carbons (Fsp3) is 0.278. The first-order chi connectivity index (χ1) is 13.0. The van der Waals surface area contributed by atoms with Crippen LogP contribution in [0, 0.1) is 11.6 Å². The van der Waals surface area contributed by atoms with Crippen LogP contribution in [-0.4, -0.2) is 32.5 Å². The lowest BCUT2D eigenvalue weighted by Crippen LogP contribution is -2.13. The van der Waals surface area contributed by atoms with Gasteiger partial charge in [0, 0.05) is 11.5 Å². The highest BCUT2D eigenvalue weighted by Gasteiger charge is 2.33. The van der Waals surface area contributed by atoms with Crippen LogP contribution in [0.25, 0.3) is 22.4 Å². The van der Waals surface area contributed by atoms with Crippen molar-refractivity contribution in [3.05, 3.63) is 46.5 Å². The van der Waals surface area contributed by atoms with Crippen LogP contribution in [0.4, 0.5) is 8.78 Å². The monoisotopic (exact) mass is 390 g/mol. The Hall–Kier alpha value is -2.74. The van der Waals surface area contributed by atoms with E-state index in [1.807, 2.05) is 0 Å². The van der Waals surface area contributed by atoms with Gasteiger partial charge in [-0.2, -0.15) is 4.98 Å². The van der Waals surface area contributed by atoms with Gasteiger partial charge in [-0.3, -0.25) is 0 Å². The first-order valence-electron chi connectivity index (χ1n) is 8.35. The normalized spacial score (nSPS) is 13.8. The number of hydrogen-bond donors (Lipinski definition) is 0. The predicted octanol–water partition coefficient (Wildman–Crippen LogP) is 4.07. The minimum atomic E-state index is -0.710. The summed E-state index contributed by atoms with van der Waals surface area (Å²) in [6.07, 6.45) is 1.74. The second-order valence-electron chi connectivity index (χ2n) is 6.09. The number of rotatable bonds is 4. The maximum Gasteiger partial charge on any atom is 0.358 e. The molecule has 0 amide bonds. The standard InChI is InChI=1S/C18H13ClF2N4O2/c1-2-27-17(26)15-12(8-3-4-8)23-16-14(22-15)13(24-18(19)25-16)10-7-9(20)5-6-11(10)21/h5-8H,2-4H2,1H3. The van der Waals surface area contributed by atoms with Crippen LogP contribution in [0.15, 0.2) is 18.2 Å². The van der Waals surface area contributed by atoms with Gasteiger partial charge in [0.1, 0.15) is 22.8 Å². The molecule has 1 saturated carbocycles. The quantitative estimate of drug-likeness (QED) is 0.493. The third-order valence-corrected chi connectivity index (χ3v) is 4.32. The molecule has 0 atom stereocenters. The van der Waals surface area contributed by atoms with Crippen LogP contribution in [-0.2, 0) is 4.74 Å². The highest BCUT2D eigenvalue weighted by Crippen LogP contribution is 2.41. The molecule has 0 aliphatic heterocycles. The first-order valence-corrected chi connectivity index (χ1v) is 8.73. The van der Waals surface area contributed by atoms with Crippen LogP contribution >= 0.6 is 11.6 Å². The molecule has 1 aliphatic carbocycles. The van der Waals surface area contributed by atoms with Gasteiger partial charge < -0.3 is 4.74 Å². The molecule has 6 nitrogen and oxygen atoms in total. The molecule has 4 rings (SSSR count). The second-order valence-corrected chi connectivity index (χ2v) is 6.43. The Kier molecular flexibility index (Phi) is 4.43. The molecule has 0 bridgehead atoms. The van der Waals surface area contributed by atoms with Crippen molar-refractivity contribution in [2.75, 3.05) is 6.61 Å². The zero-order valence-electron chi connectivity index (χ0n) is 14.2. The zero-order chi connectivity index (χ0) is 19.1. The minimum Gasteiger partial charge on any atom is -0.461 e. The first kappa shape index (κ1) is 17.7. The molecule has 2 heterocycles. The summed E-state index contributed by atoms with van der Waals surface area (Å²) in [5.74, 6) is -1.90. The average Bonchev–Trinajstić information content (AvgIpc) is 3.47. The molecule has 1 aliphatic rings. The van der Waals surface area contributed by atoms with Gasteiger partial charge in [-0.25, -0.2) is 28.5 Å². The Bertz CT molecular complexity index is 1070. The number of fused-ring (bicyclic) bond motifs is 1. The number of aromatic nitrogens is 4. The summed E-state index contributed by atoms with van der Waals surface area (Å²) in [6, 6.07) is 2.95. The van der Waals surface area contributed by atoms with E-state index in [1.54, 1.807) is 6.92 Å². The molecule has 2 aromatic heterocycles. The highest BCUT2D eigenvalue weighted by atomic mass is 35.5. The third-order valence-electron chi connectivity index (χ3n) is 4.15. The summed E-state index contributed by atoms with van der Waals surface area (Å²) < 4.78 is 33.0. The number of carbonyl (C=O) groups is 1. The van der Waals surface area contributed by atoms with E-state index < -0.39 is 17.6 Å². The van der Waals surface area contributed by atoms with E-state index in [0.717, 1.165) is 31.0 Å². The van der Waals surface area contributed by atoms with Crippen LogP contribution in [0.5, 0.6) is 0 Å². The summed E-state index contributed by atoms with van der Waals surface area (Å²) in [6.45, 7) is 1.85. The third kappa shape index (κ3) is 3.32. The van der Waals surface area contributed by atoms with Crippen molar-refractivity contribution in [2.24, 2.45) is 0 Å². The Morgan fingerprint density at radius 2 is 2.00 bits per heavy atom. The summed E-state index contributed by atoms with van der Waals surface area (Å²) in [5.41, 5.74) is 0.493. The lowest BCUT2D eigenvalue weighted by Gasteiger charge is -2.11. The van der Waals surface area contributed by atoms with Crippen molar-refractivity contribution in [3.63, 3.8) is 0 Å². The summed E-state index contributed by atoms with van der Waals surface area (Å²) >= 11 is 5.97. The topological polar surface area (TPSA) is 77.9 Å². The van der Waals surface area contributed by atoms with Crippen molar-refractivity contribution in [1.29, 1.82) is 0 Å². The van der Waals surface area contributed by atoms with E-state index in [2.05, 4.69) is 19.9 Å². The molecule has 1 fully saturated rings. The molecule has 0 saturated heterocycles. The van der Waals surface area contributed by atoms with Gasteiger partial charge in [0.25, 0.3) is 0 Å². The van der Waals surface area contributed by atoms with Crippen LogP contribution in [0.2, 0.25) is 5.28 Å². The number of hydrogen-bond acceptors (Lipinski definition) is 6. The molecular formula is C18H13ClF2N4O2. The molecule has 27 heavy (non-hydrogen) atoms. The summed E-state index contributed by atoms with van der Waals surface area (Å²) in [5, 5.41) is -0.180. The number of esters is 1. The Labute approximate surface area is 157 Å². The van der Waals surface area contributed by atoms with Crippen LogP contribution < -0.4 is 0 Å². The molecule has 138 valence electrons. The zero-order valence-corrected chi connectivity index (χ0v) is 14.9. The molecule has 0 unspecified atom stereocenters.